The Bertz CT molecular complexity index is 371. The van der Waals surface area contributed by atoms with Gasteiger partial charge in [-0.2, -0.15) is 0 Å². The van der Waals surface area contributed by atoms with Crippen LogP contribution in [0.3, 0.4) is 0 Å². The van der Waals surface area contributed by atoms with Crippen molar-refractivity contribution in [1.29, 1.82) is 0 Å². The van der Waals surface area contributed by atoms with Crippen LogP contribution in [0.25, 0.3) is 0 Å². The standard InChI is InChI=1S/C13H22N4O/c1-16(2)10-13(18)5-3-8-17(9-6-13)12-4-7-14-11-15-12/h4,7,11,18H,3,5-6,8-10H2,1-2H3/t13-/m0/s1. The van der Waals surface area contributed by atoms with Gasteiger partial charge in [0.2, 0.25) is 0 Å². The van der Waals surface area contributed by atoms with Crippen LogP contribution in [0, 0.1) is 0 Å². The number of likely N-dealkylation sites (N-methyl/N-ethyl adjacent to an activating group) is 1. The first-order valence-corrected chi connectivity index (χ1v) is 6.47. The molecule has 0 aromatic carbocycles. The Labute approximate surface area is 108 Å². The molecule has 1 aromatic rings. The predicted molar refractivity (Wildman–Crippen MR) is 71.6 cm³/mol. The minimum Gasteiger partial charge on any atom is -0.388 e. The Balaban J connectivity index is 2.00. The summed E-state index contributed by atoms with van der Waals surface area (Å²) in [5.74, 6) is 0.958. The first-order valence-electron chi connectivity index (χ1n) is 6.47. The molecule has 5 nitrogen and oxygen atoms in total. The summed E-state index contributed by atoms with van der Waals surface area (Å²) in [5.41, 5.74) is -0.564. The molecule has 2 heterocycles. The van der Waals surface area contributed by atoms with E-state index in [1.165, 1.54) is 0 Å². The summed E-state index contributed by atoms with van der Waals surface area (Å²) in [4.78, 5) is 12.5. The topological polar surface area (TPSA) is 52.5 Å². The highest BCUT2D eigenvalue weighted by molar-refractivity contribution is 5.36. The van der Waals surface area contributed by atoms with Crippen LogP contribution in [-0.2, 0) is 0 Å². The zero-order valence-corrected chi connectivity index (χ0v) is 11.2. The predicted octanol–water partition coefficient (Wildman–Crippen LogP) is 0.760. The molecule has 0 unspecified atom stereocenters. The van der Waals surface area contributed by atoms with Gasteiger partial charge in [0.15, 0.2) is 0 Å². The number of anilines is 1. The van der Waals surface area contributed by atoms with Crippen LogP contribution in [0.5, 0.6) is 0 Å². The summed E-state index contributed by atoms with van der Waals surface area (Å²) >= 11 is 0. The molecule has 100 valence electrons. The summed E-state index contributed by atoms with van der Waals surface area (Å²) in [6, 6.07) is 1.93. The molecule has 0 bridgehead atoms. The number of nitrogens with zero attached hydrogens (tertiary/aromatic N) is 4. The molecule has 1 fully saturated rings. The molecule has 5 heteroatoms. The van der Waals surface area contributed by atoms with E-state index in [4.69, 9.17) is 0 Å². The molecule has 0 spiro atoms. The second kappa shape index (κ2) is 5.63. The van der Waals surface area contributed by atoms with Crippen molar-refractivity contribution in [2.24, 2.45) is 0 Å². The molecule has 0 radical (unpaired) electrons. The highest BCUT2D eigenvalue weighted by atomic mass is 16.3. The van der Waals surface area contributed by atoms with Gasteiger partial charge in [0, 0.05) is 25.8 Å². The lowest BCUT2D eigenvalue weighted by Crippen LogP contribution is -2.41. The second-order valence-electron chi connectivity index (χ2n) is 5.37. The summed E-state index contributed by atoms with van der Waals surface area (Å²) in [6.45, 7) is 2.53. The van der Waals surface area contributed by atoms with Crippen molar-refractivity contribution in [2.45, 2.75) is 24.9 Å². The van der Waals surface area contributed by atoms with Gasteiger partial charge in [-0.1, -0.05) is 0 Å². The lowest BCUT2D eigenvalue weighted by atomic mass is 9.94. The van der Waals surface area contributed by atoms with Gasteiger partial charge in [-0.3, -0.25) is 0 Å². The lowest BCUT2D eigenvalue weighted by Gasteiger charge is -2.30. The molecule has 1 aliphatic rings. The first kappa shape index (κ1) is 13.2. The monoisotopic (exact) mass is 250 g/mol. The van der Waals surface area contributed by atoms with Crippen molar-refractivity contribution in [2.75, 3.05) is 38.6 Å². The van der Waals surface area contributed by atoms with E-state index in [1.807, 2.05) is 20.2 Å². The molecule has 0 amide bonds. The molecular weight excluding hydrogens is 228 g/mol. The third kappa shape index (κ3) is 3.40. The number of aromatic nitrogens is 2. The summed E-state index contributed by atoms with van der Waals surface area (Å²) in [7, 11) is 4.01. The first-order chi connectivity index (χ1) is 8.59. The summed E-state index contributed by atoms with van der Waals surface area (Å²) in [5, 5.41) is 10.6. The van der Waals surface area contributed by atoms with E-state index in [0.717, 1.165) is 44.7 Å². The normalized spacial score (nSPS) is 25.2. The number of aliphatic hydroxyl groups is 1. The molecular formula is C13H22N4O. The molecule has 1 saturated heterocycles. The Kier molecular flexibility index (Phi) is 4.14. The van der Waals surface area contributed by atoms with Gasteiger partial charge < -0.3 is 14.9 Å². The van der Waals surface area contributed by atoms with Crippen LogP contribution < -0.4 is 4.90 Å². The van der Waals surface area contributed by atoms with Crippen molar-refractivity contribution >= 4 is 5.82 Å². The highest BCUT2D eigenvalue weighted by Gasteiger charge is 2.30. The largest absolute Gasteiger partial charge is 0.388 e. The molecule has 2 rings (SSSR count). The van der Waals surface area contributed by atoms with E-state index in [9.17, 15) is 5.11 Å². The van der Waals surface area contributed by atoms with Crippen molar-refractivity contribution in [3.63, 3.8) is 0 Å². The van der Waals surface area contributed by atoms with Crippen LogP contribution in [0.4, 0.5) is 5.82 Å². The fourth-order valence-electron chi connectivity index (χ4n) is 2.63. The quantitative estimate of drug-likeness (QED) is 0.858. The second-order valence-corrected chi connectivity index (χ2v) is 5.37. The average Bonchev–Trinajstić information content (AvgIpc) is 2.51. The minimum atomic E-state index is -0.564. The van der Waals surface area contributed by atoms with Crippen LogP contribution in [0.1, 0.15) is 19.3 Å². The molecule has 1 aromatic heterocycles. The Morgan fingerprint density at radius 2 is 2.22 bits per heavy atom. The van der Waals surface area contributed by atoms with Crippen LogP contribution in [0.2, 0.25) is 0 Å². The molecule has 1 N–H and O–H groups in total. The van der Waals surface area contributed by atoms with Crippen molar-refractivity contribution < 1.29 is 5.11 Å². The van der Waals surface area contributed by atoms with Crippen LogP contribution in [0.15, 0.2) is 18.6 Å². The average molecular weight is 250 g/mol. The van der Waals surface area contributed by atoms with Crippen molar-refractivity contribution in [3.8, 4) is 0 Å². The maximum Gasteiger partial charge on any atom is 0.131 e. The number of rotatable bonds is 3. The maximum atomic E-state index is 10.6. The smallest absolute Gasteiger partial charge is 0.131 e. The van der Waals surface area contributed by atoms with Gasteiger partial charge >= 0.3 is 0 Å². The van der Waals surface area contributed by atoms with Crippen LogP contribution >= 0.6 is 0 Å². The number of hydrogen-bond donors (Lipinski definition) is 1. The fraction of sp³-hybridized carbons (Fsp3) is 0.692. The zero-order valence-electron chi connectivity index (χ0n) is 11.2. The van der Waals surface area contributed by atoms with Crippen LogP contribution in [-0.4, -0.2) is 59.3 Å². The summed E-state index contributed by atoms with van der Waals surface area (Å²) < 4.78 is 0. The number of hydrogen-bond acceptors (Lipinski definition) is 5. The lowest BCUT2D eigenvalue weighted by molar-refractivity contribution is 0.00537. The molecule has 18 heavy (non-hydrogen) atoms. The van der Waals surface area contributed by atoms with Gasteiger partial charge in [-0.05, 0) is 39.4 Å². The maximum absolute atomic E-state index is 10.6. The third-order valence-corrected chi connectivity index (χ3v) is 3.42. The molecule has 0 saturated carbocycles. The molecule has 1 atom stereocenters. The van der Waals surface area contributed by atoms with Crippen molar-refractivity contribution in [1.82, 2.24) is 14.9 Å². The van der Waals surface area contributed by atoms with Gasteiger partial charge in [0.25, 0.3) is 0 Å². The zero-order chi connectivity index (χ0) is 13.0. The fourth-order valence-corrected chi connectivity index (χ4v) is 2.63. The Hall–Kier alpha value is -1.20. The molecule has 1 aliphatic heterocycles. The van der Waals surface area contributed by atoms with E-state index in [1.54, 1.807) is 12.5 Å². The van der Waals surface area contributed by atoms with Gasteiger partial charge in [-0.15, -0.1) is 0 Å². The summed E-state index contributed by atoms with van der Waals surface area (Å²) in [6.07, 6.45) is 5.97. The minimum absolute atomic E-state index is 0.564. The van der Waals surface area contributed by atoms with E-state index in [2.05, 4.69) is 19.8 Å². The SMILES string of the molecule is CN(C)C[C@]1(O)CCCN(c2ccncn2)CC1. The molecule has 0 aliphatic carbocycles. The van der Waals surface area contributed by atoms with E-state index >= 15 is 0 Å². The van der Waals surface area contributed by atoms with Crippen molar-refractivity contribution in [3.05, 3.63) is 18.6 Å². The van der Waals surface area contributed by atoms with Gasteiger partial charge in [0.1, 0.15) is 12.1 Å². The van der Waals surface area contributed by atoms with E-state index < -0.39 is 5.60 Å². The van der Waals surface area contributed by atoms with E-state index in [0.29, 0.717) is 0 Å². The van der Waals surface area contributed by atoms with Gasteiger partial charge in [-0.25, -0.2) is 9.97 Å². The Morgan fingerprint density at radius 3 is 2.89 bits per heavy atom. The Morgan fingerprint density at radius 1 is 1.39 bits per heavy atom. The third-order valence-electron chi connectivity index (χ3n) is 3.42. The van der Waals surface area contributed by atoms with Gasteiger partial charge in [0.05, 0.1) is 5.60 Å². The van der Waals surface area contributed by atoms with E-state index in [-0.39, 0.29) is 0 Å². The highest BCUT2D eigenvalue weighted by Crippen LogP contribution is 2.25.